The molecule has 0 atom stereocenters. The van der Waals surface area contributed by atoms with Gasteiger partial charge in [0.2, 0.25) is 0 Å². The van der Waals surface area contributed by atoms with Gasteiger partial charge in [0.15, 0.2) is 16.8 Å². The maximum atomic E-state index is 13.5. The van der Waals surface area contributed by atoms with Crippen LogP contribution in [0.1, 0.15) is 99.5 Å². The van der Waals surface area contributed by atoms with Crippen LogP contribution in [0, 0.1) is 40.6 Å². The fraction of sp³-hybridized carbons (Fsp3) is 0.381. The van der Waals surface area contributed by atoms with Gasteiger partial charge in [-0.3, -0.25) is 14.2 Å². The normalized spacial score (nSPS) is 18.0. The zero-order valence-corrected chi connectivity index (χ0v) is 34.9. The average Bonchev–Trinajstić information content (AvgIpc) is 4.01. The van der Waals surface area contributed by atoms with E-state index in [4.69, 9.17) is 26.0 Å². The van der Waals surface area contributed by atoms with E-state index in [1.54, 1.807) is 12.2 Å². The van der Waals surface area contributed by atoms with Crippen LogP contribution in [0.2, 0.25) is 0 Å². The molecule has 9 rings (SSSR count). The molecule has 0 N–H and O–H groups in total. The lowest BCUT2D eigenvalue weighted by molar-refractivity contribution is 0.0163. The van der Waals surface area contributed by atoms with Crippen LogP contribution in [0.4, 0.5) is 0 Å². The maximum absolute atomic E-state index is 13.5. The summed E-state index contributed by atoms with van der Waals surface area (Å²) in [6.07, 6.45) is 12.9. The number of nitriles is 3. The molecule has 0 radical (unpaired) electrons. The molecule has 2 saturated carbocycles. The minimum absolute atomic E-state index is 0.0926. The third-order valence-electron chi connectivity index (χ3n) is 11.5. The topological polar surface area (TPSA) is 164 Å². The molecule has 0 bridgehead atoms. The van der Waals surface area contributed by atoms with E-state index in [1.165, 1.54) is 31.8 Å². The summed E-state index contributed by atoms with van der Waals surface area (Å²) in [4.78, 5) is 42.7. The predicted octanol–water partition coefficient (Wildman–Crippen LogP) is 5.93. The summed E-state index contributed by atoms with van der Waals surface area (Å²) in [7, 11) is 0. The standard InChI is InChI=1S/C42H34N8O4S4/c1-4-49-37(51)29(55-39(49)23(20-43)21-44)18-31-47-35-33(57-31)24-16-28-25(17-27(24)53-41(35)12-8-6-9-13-41)34-36(42(54-28)14-10-7-11-15-42)48-32(58-34)19-30-38(52)50(5-2)40(56-30)26(22-45)46-3/h16-19H,4-15H2,1-2H3/b29-18+,30-19+,40-26+. The van der Waals surface area contributed by atoms with Crippen LogP contribution in [-0.2, 0) is 24.3 Å². The molecule has 0 saturated heterocycles. The fourth-order valence-electron chi connectivity index (χ4n) is 8.75. The minimum Gasteiger partial charge on any atom is -0.480 e. The number of nitrogens with zero attached hydrogens (tertiary/aromatic N) is 8. The molecule has 4 aliphatic rings. The van der Waals surface area contributed by atoms with E-state index in [0.29, 0.717) is 41.5 Å². The highest BCUT2D eigenvalue weighted by Crippen LogP contribution is 2.59. The van der Waals surface area contributed by atoms with Crippen LogP contribution in [0.5, 0.6) is 11.5 Å². The van der Waals surface area contributed by atoms with Crippen molar-refractivity contribution in [3.8, 4) is 50.6 Å². The second-order valence-electron chi connectivity index (χ2n) is 14.7. The van der Waals surface area contributed by atoms with E-state index in [9.17, 15) is 25.4 Å². The number of aromatic nitrogens is 4. The first-order valence-corrected chi connectivity index (χ1v) is 22.6. The zero-order valence-electron chi connectivity index (χ0n) is 31.6. The summed E-state index contributed by atoms with van der Waals surface area (Å²) >= 11 is 5.29. The van der Waals surface area contributed by atoms with Gasteiger partial charge in [0.1, 0.15) is 54.4 Å². The smallest absolute Gasteiger partial charge is 0.294 e. The van der Waals surface area contributed by atoms with Crippen molar-refractivity contribution in [1.29, 1.82) is 15.8 Å². The Morgan fingerprint density at radius 3 is 1.60 bits per heavy atom. The van der Waals surface area contributed by atoms with Crippen LogP contribution >= 0.6 is 45.3 Å². The number of hydrogen-bond acceptors (Lipinski definition) is 13. The first-order chi connectivity index (χ1) is 28.2. The number of rotatable bonds is 4. The molecule has 2 aliphatic heterocycles. The van der Waals surface area contributed by atoms with E-state index in [0.717, 1.165) is 131 Å². The van der Waals surface area contributed by atoms with Crippen LogP contribution < -0.4 is 39.0 Å². The van der Waals surface area contributed by atoms with Gasteiger partial charge in [-0.2, -0.15) is 10.5 Å². The van der Waals surface area contributed by atoms with Crippen LogP contribution in [0.15, 0.2) is 21.7 Å². The van der Waals surface area contributed by atoms with E-state index < -0.39 is 11.2 Å². The molecule has 5 aromatic rings. The quantitative estimate of drug-likeness (QED) is 0.200. The predicted molar refractivity (Wildman–Crippen MR) is 224 cm³/mol. The van der Waals surface area contributed by atoms with Gasteiger partial charge in [-0.1, -0.05) is 12.8 Å². The van der Waals surface area contributed by atoms with E-state index in [2.05, 4.69) is 17.0 Å². The van der Waals surface area contributed by atoms with E-state index >= 15 is 0 Å². The molecule has 16 heteroatoms. The number of fused-ring (bicyclic) bond motifs is 8. The van der Waals surface area contributed by atoms with Crippen LogP contribution in [0.25, 0.3) is 49.1 Å². The molecular formula is C42H34N8O4S4. The molecule has 290 valence electrons. The SMILES string of the molecule is [C-]#[N+]/C(C#N)=c1/s/c(=C/c2nc3c(s2)-c2cc4c(cc2OC32CCCCC2)-c2sc(/C=c3/sc(=C(C#N)C#N)n(CC)c3=O)nc2C2(CCCCC2)O4)c(=O)n1CC. The van der Waals surface area contributed by atoms with Crippen LogP contribution in [0.3, 0.4) is 0 Å². The van der Waals surface area contributed by atoms with Gasteiger partial charge in [0, 0.05) is 24.2 Å². The highest BCUT2D eigenvalue weighted by molar-refractivity contribution is 7.17. The average molecular weight is 843 g/mol. The van der Waals surface area contributed by atoms with Crippen molar-refractivity contribution in [1.82, 2.24) is 19.1 Å². The minimum atomic E-state index is -0.638. The van der Waals surface area contributed by atoms with Crippen molar-refractivity contribution in [3.63, 3.8) is 0 Å². The van der Waals surface area contributed by atoms with E-state index in [-0.39, 0.29) is 22.4 Å². The zero-order chi connectivity index (χ0) is 40.3. The van der Waals surface area contributed by atoms with Crippen molar-refractivity contribution in [2.24, 2.45) is 0 Å². The van der Waals surface area contributed by atoms with Gasteiger partial charge >= 0.3 is 0 Å². The fourth-order valence-corrected chi connectivity index (χ4v) is 13.3. The molecule has 6 heterocycles. The van der Waals surface area contributed by atoms with Gasteiger partial charge in [0.25, 0.3) is 16.8 Å². The monoisotopic (exact) mass is 842 g/mol. The van der Waals surface area contributed by atoms with Crippen molar-refractivity contribution < 1.29 is 9.47 Å². The molecule has 2 fully saturated rings. The molecule has 1 aromatic carbocycles. The highest BCUT2D eigenvalue weighted by atomic mass is 32.1. The van der Waals surface area contributed by atoms with Gasteiger partial charge in [-0.15, -0.1) is 45.3 Å². The summed E-state index contributed by atoms with van der Waals surface area (Å²) in [5.74, 6) is 1.47. The lowest BCUT2D eigenvalue weighted by Gasteiger charge is -2.43. The summed E-state index contributed by atoms with van der Waals surface area (Å²) in [5, 5.41) is 30.0. The molecular weight excluding hydrogens is 809 g/mol. The Morgan fingerprint density at radius 1 is 0.741 bits per heavy atom. The third-order valence-corrected chi connectivity index (χ3v) is 15.8. The highest BCUT2D eigenvalue weighted by Gasteiger charge is 2.48. The molecule has 4 aromatic heterocycles. The molecule has 0 unspecified atom stereocenters. The Hall–Kier alpha value is -5.62. The molecule has 12 nitrogen and oxygen atoms in total. The Kier molecular flexibility index (Phi) is 9.57. The molecule has 2 spiro atoms. The Labute approximate surface area is 348 Å². The third kappa shape index (κ3) is 5.89. The van der Waals surface area contributed by atoms with Gasteiger partial charge in [-0.05, 0) is 89.5 Å². The Bertz CT molecular complexity index is 2880. The van der Waals surface area contributed by atoms with Gasteiger partial charge < -0.3 is 14.0 Å². The molecule has 58 heavy (non-hydrogen) atoms. The summed E-state index contributed by atoms with van der Waals surface area (Å²) in [5.41, 5.74) is 1.51. The second-order valence-corrected chi connectivity index (χ2v) is 18.8. The number of ether oxygens (including phenoxy) is 2. The molecule has 0 amide bonds. The second kappa shape index (κ2) is 14.6. The first-order valence-electron chi connectivity index (χ1n) is 19.3. The maximum Gasteiger partial charge on any atom is 0.294 e. The lowest BCUT2D eigenvalue weighted by atomic mass is 9.78. The summed E-state index contributed by atoms with van der Waals surface area (Å²) in [6.45, 7) is 11.8. The first kappa shape index (κ1) is 37.9. The van der Waals surface area contributed by atoms with Gasteiger partial charge in [-0.25, -0.2) is 20.1 Å². The Morgan fingerprint density at radius 2 is 1.19 bits per heavy atom. The van der Waals surface area contributed by atoms with Crippen molar-refractivity contribution >= 4 is 68.8 Å². The number of hydrogen-bond donors (Lipinski definition) is 0. The largest absolute Gasteiger partial charge is 0.480 e. The van der Waals surface area contributed by atoms with Crippen molar-refractivity contribution in [3.05, 3.63) is 84.1 Å². The van der Waals surface area contributed by atoms with E-state index in [1.807, 2.05) is 32.1 Å². The van der Waals surface area contributed by atoms with Crippen LogP contribution in [-0.4, -0.2) is 19.1 Å². The molecule has 2 aliphatic carbocycles. The number of thiazole rings is 4. The number of benzene rings is 1. The van der Waals surface area contributed by atoms with Gasteiger partial charge in [0.05, 0.1) is 31.5 Å². The summed E-state index contributed by atoms with van der Waals surface area (Å²) in [6, 6.07) is 9.95. The lowest BCUT2D eigenvalue weighted by Crippen LogP contribution is -2.39. The summed E-state index contributed by atoms with van der Waals surface area (Å²) < 4.78 is 18.7. The van der Waals surface area contributed by atoms with Crippen molar-refractivity contribution in [2.45, 2.75) is 102 Å². The van der Waals surface area contributed by atoms with Crippen molar-refractivity contribution in [2.75, 3.05) is 0 Å². The Balaban J connectivity index is 1.22.